The fraction of sp³-hybridized carbons (Fsp3) is 0.500. The summed E-state index contributed by atoms with van der Waals surface area (Å²) in [5.41, 5.74) is 0. The number of carbonyl (C=O) groups excluding carboxylic acids is 2. The molecule has 4 heavy (non-hydrogen) atoms. The van der Waals surface area contributed by atoms with E-state index in [0.717, 1.165) is 0 Å². The fourth-order valence-corrected chi connectivity index (χ4v) is 0. The Kier molecular flexibility index (Phi) is 78.9. The molecular formula is C2H10O2. The van der Waals surface area contributed by atoms with Crippen molar-refractivity contribution in [3.8, 4) is 0 Å². The second kappa shape index (κ2) is 31.4. The van der Waals surface area contributed by atoms with Gasteiger partial charge in [0.25, 0.3) is 0 Å². The summed E-state index contributed by atoms with van der Waals surface area (Å²) in [7, 11) is 0. The van der Waals surface area contributed by atoms with E-state index in [9.17, 15) is 0 Å². The molecule has 30 valence electrons. The molecule has 2 heteroatoms. The van der Waals surface area contributed by atoms with Crippen LogP contribution < -0.4 is 0 Å². The summed E-state index contributed by atoms with van der Waals surface area (Å²) in [5, 5.41) is 0. The lowest BCUT2D eigenvalue weighted by Crippen LogP contribution is -1.22. The third-order valence-electron chi connectivity index (χ3n) is 0. The largest absolute Gasteiger partial charge is 0.373 e. The van der Waals surface area contributed by atoms with Crippen molar-refractivity contribution in [3.63, 3.8) is 0 Å². The second-order valence-corrected chi connectivity index (χ2v) is 0.0833. The predicted molar refractivity (Wildman–Crippen MR) is 18.1 cm³/mol. The summed E-state index contributed by atoms with van der Waals surface area (Å²) < 4.78 is 0. The summed E-state index contributed by atoms with van der Waals surface area (Å²) in [4.78, 5) is 16.2. The lowest BCUT2D eigenvalue weighted by molar-refractivity contribution is -0.191. The van der Waals surface area contributed by atoms with Gasteiger partial charge in [-0.05, 0) is 0 Å². The van der Waals surface area contributed by atoms with E-state index in [1.165, 1.54) is 0 Å². The van der Waals surface area contributed by atoms with E-state index < -0.39 is 0 Å². The first-order chi connectivity index (χ1) is 1.41. The molecule has 0 spiro atoms. The summed E-state index contributed by atoms with van der Waals surface area (Å²) >= 11 is 0. The minimum atomic E-state index is 0. The average molecular weight is 66.1 g/mol. The minimum absolute atomic E-state index is 0. The molecule has 0 amide bonds. The first-order valence-corrected chi connectivity index (χ1v) is 0.408. The van der Waals surface area contributed by atoms with E-state index in [0.29, 0.717) is 0 Å². The van der Waals surface area contributed by atoms with Gasteiger partial charge in [0.15, 0.2) is 0 Å². The molecule has 0 aromatic heterocycles. The van der Waals surface area contributed by atoms with Crippen LogP contribution in [-0.4, -0.2) is 6.15 Å². The van der Waals surface area contributed by atoms with Gasteiger partial charge in [0.1, 0.15) is 0 Å². The normalized spacial score (nSPS) is 2.00. The van der Waals surface area contributed by atoms with Crippen molar-refractivity contribution in [2.75, 3.05) is 0 Å². The van der Waals surface area contributed by atoms with Crippen LogP contribution in [0.2, 0.25) is 0 Å². The maximum atomic E-state index is 8.12. The fourth-order valence-electron chi connectivity index (χ4n) is 0. The second-order valence-electron chi connectivity index (χ2n) is 0.0833. The summed E-state index contributed by atoms with van der Waals surface area (Å²) in [6.45, 7) is 0. The van der Waals surface area contributed by atoms with Crippen LogP contribution in [0.4, 0.5) is 0 Å². The zero-order chi connectivity index (χ0) is 2.71. The van der Waals surface area contributed by atoms with Gasteiger partial charge in [-0.15, -0.1) is 0 Å². The van der Waals surface area contributed by atoms with Crippen LogP contribution in [0.3, 0.4) is 0 Å². The Morgan fingerprint density at radius 2 is 1.50 bits per heavy atom. The summed E-state index contributed by atoms with van der Waals surface area (Å²) in [6, 6.07) is 0. The van der Waals surface area contributed by atoms with Crippen LogP contribution in [0.5, 0.6) is 0 Å². The molecule has 0 unspecified atom stereocenters. The molecule has 0 rings (SSSR count). The smallest absolute Gasteiger partial charge is 0.186 e. The Balaban J connectivity index is -0.00000000333. The molecule has 2 nitrogen and oxygen atoms in total. The van der Waals surface area contributed by atoms with Gasteiger partial charge in [-0.1, -0.05) is 7.43 Å². The standard InChI is InChI=1S/CO2.CH4.3H2/c2-1-3;;;;/h;1H4;3*1H. The van der Waals surface area contributed by atoms with Crippen molar-refractivity contribution in [1.29, 1.82) is 0 Å². The van der Waals surface area contributed by atoms with E-state index in [1.54, 1.807) is 0 Å². The van der Waals surface area contributed by atoms with Gasteiger partial charge in [-0.3, -0.25) is 0 Å². The molecule has 0 saturated heterocycles. The van der Waals surface area contributed by atoms with Crippen LogP contribution in [0.1, 0.15) is 11.7 Å². The number of hydrogen-bond acceptors (Lipinski definition) is 2. The van der Waals surface area contributed by atoms with Crippen molar-refractivity contribution in [3.05, 3.63) is 0 Å². The molecule has 0 radical (unpaired) electrons. The molecule has 0 fully saturated rings. The number of rotatable bonds is 0. The van der Waals surface area contributed by atoms with Crippen LogP contribution >= 0.6 is 0 Å². The van der Waals surface area contributed by atoms with Gasteiger partial charge in [-0.25, -0.2) is 0 Å². The van der Waals surface area contributed by atoms with Crippen LogP contribution in [-0.2, 0) is 9.59 Å². The van der Waals surface area contributed by atoms with Gasteiger partial charge in [0, 0.05) is 4.28 Å². The van der Waals surface area contributed by atoms with Gasteiger partial charge in [0.05, 0.1) is 0 Å². The van der Waals surface area contributed by atoms with Gasteiger partial charge < -0.3 is 0 Å². The molecular weight excluding hydrogens is 56.0 g/mol. The van der Waals surface area contributed by atoms with E-state index in [4.69, 9.17) is 9.59 Å². The average Bonchev–Trinajstić information content (AvgIpc) is 0.918. The van der Waals surface area contributed by atoms with Gasteiger partial charge in [0.2, 0.25) is 0 Å². The Morgan fingerprint density at radius 1 is 1.50 bits per heavy atom. The van der Waals surface area contributed by atoms with Gasteiger partial charge in [-0.2, -0.15) is 9.59 Å². The van der Waals surface area contributed by atoms with E-state index in [-0.39, 0.29) is 17.9 Å². The highest BCUT2D eigenvalue weighted by Crippen LogP contribution is 0.787. The van der Waals surface area contributed by atoms with E-state index >= 15 is 0 Å². The Hall–Kier alpha value is -0.620. The van der Waals surface area contributed by atoms with Crippen LogP contribution in [0, 0.1) is 0 Å². The molecule has 0 aromatic rings. The Morgan fingerprint density at radius 3 is 1.50 bits per heavy atom. The van der Waals surface area contributed by atoms with Crippen LogP contribution in [0.15, 0.2) is 0 Å². The Labute approximate surface area is 28.9 Å². The first kappa shape index (κ1) is 10.1. The molecule has 0 aliphatic carbocycles. The summed E-state index contributed by atoms with van der Waals surface area (Å²) in [6.07, 6.45) is 0.250. The zero-order valence-corrected chi connectivity index (χ0v) is 1.32. The SMILES string of the molecule is C.O=C=O.[HH].[HH].[HH]. The lowest BCUT2D eigenvalue weighted by atomic mass is 11.8. The van der Waals surface area contributed by atoms with E-state index in [1.807, 2.05) is 0 Å². The van der Waals surface area contributed by atoms with Crippen molar-refractivity contribution in [1.82, 2.24) is 0 Å². The van der Waals surface area contributed by atoms with Gasteiger partial charge >= 0.3 is 6.15 Å². The highest BCUT2D eigenvalue weighted by Gasteiger charge is 1.13. The minimum Gasteiger partial charge on any atom is -0.186 e. The van der Waals surface area contributed by atoms with Crippen molar-refractivity contribution < 1.29 is 13.9 Å². The topological polar surface area (TPSA) is 34.1 Å². The zero-order valence-electron chi connectivity index (χ0n) is 1.32. The molecule has 0 atom stereocenters. The molecule has 0 aliphatic rings. The molecule has 0 N–H and O–H groups in total. The van der Waals surface area contributed by atoms with Crippen LogP contribution in [0.25, 0.3) is 0 Å². The third-order valence-corrected chi connectivity index (χ3v) is 0. The third kappa shape index (κ3) is 0.518. The molecule has 0 saturated carbocycles. The van der Waals surface area contributed by atoms with Crippen molar-refractivity contribution in [2.45, 2.75) is 7.43 Å². The highest BCUT2D eigenvalue weighted by atomic mass is 16.2. The molecule has 0 bridgehead atoms. The maximum Gasteiger partial charge on any atom is 0.373 e. The van der Waals surface area contributed by atoms with E-state index in [2.05, 4.69) is 0 Å². The predicted octanol–water partition coefficient (Wildman–Crippen LogP) is 0.791. The first-order valence-electron chi connectivity index (χ1n) is 0.408. The van der Waals surface area contributed by atoms with Crippen molar-refractivity contribution >= 4 is 6.15 Å². The molecule has 0 heterocycles. The highest BCUT2D eigenvalue weighted by molar-refractivity contribution is 5.20. The summed E-state index contributed by atoms with van der Waals surface area (Å²) in [5.74, 6) is 0. The Bertz CT molecular complexity index is 31.9. The monoisotopic (exact) mass is 66.1 g/mol. The quantitative estimate of drug-likeness (QED) is 0.419. The molecule has 0 aliphatic heterocycles. The lowest BCUT2D eigenvalue weighted by Gasteiger charge is -0.945. The van der Waals surface area contributed by atoms with Crippen molar-refractivity contribution in [2.24, 2.45) is 0 Å². The maximum absolute atomic E-state index is 8.12. The number of hydrogen-bond donors (Lipinski definition) is 0. The molecule has 0 aromatic carbocycles.